The number of benzene rings is 2. The van der Waals surface area contributed by atoms with Crippen molar-refractivity contribution >= 4 is 0 Å². The van der Waals surface area contributed by atoms with Crippen molar-refractivity contribution in [2.24, 2.45) is 0 Å². The fraction of sp³-hybridized carbons (Fsp3) is 0.250. The van der Waals surface area contributed by atoms with E-state index in [-0.39, 0.29) is 5.82 Å². The predicted octanol–water partition coefficient (Wildman–Crippen LogP) is 3.53. The average molecular weight is 260 g/mol. The zero-order chi connectivity index (χ0) is 14.0. The number of hydrogen-bond acceptors (Lipinski definition) is 2. The molecule has 2 nitrogen and oxygen atoms in total. The highest BCUT2D eigenvalue weighted by Gasteiger charge is 2.15. The van der Waals surface area contributed by atoms with Crippen LogP contribution in [0.1, 0.15) is 28.4 Å². The van der Waals surface area contributed by atoms with E-state index in [0.717, 1.165) is 28.0 Å². The first-order chi connectivity index (χ1) is 9.02. The van der Waals surface area contributed by atoms with E-state index >= 15 is 0 Å². The number of halogens is 1. The van der Waals surface area contributed by atoms with Crippen LogP contribution < -0.4 is 4.74 Å². The maximum Gasteiger partial charge on any atom is 0.123 e. The molecule has 100 valence electrons. The highest BCUT2D eigenvalue weighted by Crippen LogP contribution is 2.29. The summed E-state index contributed by atoms with van der Waals surface area (Å²) in [5, 5.41) is 10.4. The van der Waals surface area contributed by atoms with Gasteiger partial charge in [0.2, 0.25) is 0 Å². The second-order valence-corrected chi connectivity index (χ2v) is 4.63. The van der Waals surface area contributed by atoms with Crippen LogP contribution in [0.25, 0.3) is 0 Å². The Hall–Kier alpha value is -1.87. The number of aryl methyl sites for hydroxylation is 2. The Balaban J connectivity index is 2.41. The van der Waals surface area contributed by atoms with Gasteiger partial charge in [0.25, 0.3) is 0 Å². The lowest BCUT2D eigenvalue weighted by Gasteiger charge is -2.17. The summed E-state index contributed by atoms with van der Waals surface area (Å²) in [5.74, 6) is 0.462. The fourth-order valence-corrected chi connectivity index (χ4v) is 2.20. The Bertz CT molecular complexity index is 593. The molecule has 0 spiro atoms. The second-order valence-electron chi connectivity index (χ2n) is 4.63. The van der Waals surface area contributed by atoms with E-state index in [9.17, 15) is 9.50 Å². The molecule has 0 heterocycles. The SMILES string of the molecule is COc1ccc(C(O)c2ccc(F)cc2C)c(C)c1. The first kappa shape index (κ1) is 13.6. The standard InChI is InChI=1S/C16H17FO2/c1-10-8-12(17)4-6-14(10)16(18)15-7-5-13(19-3)9-11(15)2/h4-9,16,18H,1-3H3. The molecule has 0 aliphatic rings. The normalized spacial score (nSPS) is 12.3. The largest absolute Gasteiger partial charge is 0.497 e. The number of aliphatic hydroxyl groups excluding tert-OH is 1. The number of methoxy groups -OCH3 is 1. The molecule has 0 aromatic heterocycles. The Morgan fingerprint density at radius 1 is 1.00 bits per heavy atom. The molecule has 0 aliphatic carbocycles. The summed E-state index contributed by atoms with van der Waals surface area (Å²) < 4.78 is 18.2. The molecule has 2 aromatic rings. The molecule has 0 aliphatic heterocycles. The lowest BCUT2D eigenvalue weighted by molar-refractivity contribution is 0.218. The summed E-state index contributed by atoms with van der Waals surface area (Å²) in [6, 6.07) is 9.93. The fourth-order valence-electron chi connectivity index (χ4n) is 2.20. The van der Waals surface area contributed by atoms with Crippen LogP contribution in [-0.2, 0) is 0 Å². The van der Waals surface area contributed by atoms with E-state index in [1.807, 2.05) is 25.1 Å². The summed E-state index contributed by atoms with van der Waals surface area (Å²) in [6.45, 7) is 3.71. The second kappa shape index (κ2) is 5.41. The number of rotatable bonds is 3. The van der Waals surface area contributed by atoms with Gasteiger partial charge in [-0.1, -0.05) is 12.1 Å². The van der Waals surface area contributed by atoms with E-state index in [4.69, 9.17) is 4.74 Å². The van der Waals surface area contributed by atoms with Crippen molar-refractivity contribution in [1.82, 2.24) is 0 Å². The van der Waals surface area contributed by atoms with Gasteiger partial charge in [0.05, 0.1) is 7.11 Å². The van der Waals surface area contributed by atoms with Crippen LogP contribution in [0.15, 0.2) is 36.4 Å². The molecule has 0 bridgehead atoms. The third kappa shape index (κ3) is 2.76. The third-order valence-corrected chi connectivity index (χ3v) is 3.30. The lowest BCUT2D eigenvalue weighted by atomic mass is 9.94. The van der Waals surface area contributed by atoms with E-state index in [0.29, 0.717) is 0 Å². The molecule has 1 N–H and O–H groups in total. The van der Waals surface area contributed by atoms with Gasteiger partial charge in [-0.2, -0.15) is 0 Å². The van der Waals surface area contributed by atoms with Gasteiger partial charge in [0.1, 0.15) is 17.7 Å². The molecule has 1 atom stereocenters. The average Bonchev–Trinajstić information content (AvgIpc) is 2.37. The first-order valence-electron chi connectivity index (χ1n) is 6.11. The van der Waals surface area contributed by atoms with Crippen LogP contribution in [0.3, 0.4) is 0 Å². The van der Waals surface area contributed by atoms with Gasteiger partial charge in [-0.05, 0) is 60.4 Å². The quantitative estimate of drug-likeness (QED) is 0.914. The van der Waals surface area contributed by atoms with Crippen molar-refractivity contribution in [2.75, 3.05) is 7.11 Å². The maximum atomic E-state index is 13.1. The maximum absolute atomic E-state index is 13.1. The van der Waals surface area contributed by atoms with Gasteiger partial charge < -0.3 is 9.84 Å². The van der Waals surface area contributed by atoms with Crippen molar-refractivity contribution in [1.29, 1.82) is 0 Å². The van der Waals surface area contributed by atoms with Gasteiger partial charge in [-0.15, -0.1) is 0 Å². The summed E-state index contributed by atoms with van der Waals surface area (Å²) in [7, 11) is 1.61. The van der Waals surface area contributed by atoms with Crippen molar-refractivity contribution in [3.63, 3.8) is 0 Å². The van der Waals surface area contributed by atoms with Crippen LogP contribution in [0.5, 0.6) is 5.75 Å². The van der Waals surface area contributed by atoms with Crippen molar-refractivity contribution in [2.45, 2.75) is 20.0 Å². The Morgan fingerprint density at radius 2 is 1.58 bits per heavy atom. The smallest absolute Gasteiger partial charge is 0.123 e. The Morgan fingerprint density at radius 3 is 2.11 bits per heavy atom. The molecule has 2 rings (SSSR count). The summed E-state index contributed by atoms with van der Waals surface area (Å²) in [5.41, 5.74) is 3.20. The number of aliphatic hydroxyl groups is 1. The third-order valence-electron chi connectivity index (χ3n) is 3.30. The Labute approximate surface area is 112 Å². The molecule has 1 unspecified atom stereocenters. The van der Waals surface area contributed by atoms with Crippen molar-refractivity contribution in [3.8, 4) is 5.75 Å². The monoisotopic (exact) mass is 260 g/mol. The van der Waals surface area contributed by atoms with E-state index < -0.39 is 6.10 Å². The van der Waals surface area contributed by atoms with Crippen LogP contribution in [-0.4, -0.2) is 12.2 Å². The van der Waals surface area contributed by atoms with Crippen molar-refractivity contribution in [3.05, 3.63) is 64.5 Å². The molecule has 0 saturated heterocycles. The number of hydrogen-bond donors (Lipinski definition) is 1. The zero-order valence-corrected chi connectivity index (χ0v) is 11.3. The minimum Gasteiger partial charge on any atom is -0.497 e. The van der Waals surface area contributed by atoms with Crippen LogP contribution in [0.2, 0.25) is 0 Å². The molecule has 0 radical (unpaired) electrons. The summed E-state index contributed by atoms with van der Waals surface area (Å²) in [6.07, 6.45) is -0.758. The van der Waals surface area contributed by atoms with Crippen molar-refractivity contribution < 1.29 is 14.2 Å². The van der Waals surface area contributed by atoms with Gasteiger partial charge in [-0.3, -0.25) is 0 Å². The summed E-state index contributed by atoms with van der Waals surface area (Å²) in [4.78, 5) is 0. The van der Waals surface area contributed by atoms with E-state index in [1.165, 1.54) is 12.1 Å². The van der Waals surface area contributed by atoms with Crippen LogP contribution >= 0.6 is 0 Å². The molecule has 2 aromatic carbocycles. The van der Waals surface area contributed by atoms with Gasteiger partial charge >= 0.3 is 0 Å². The van der Waals surface area contributed by atoms with E-state index in [2.05, 4.69) is 0 Å². The molecule has 19 heavy (non-hydrogen) atoms. The molecule has 3 heteroatoms. The minimum absolute atomic E-state index is 0.292. The van der Waals surface area contributed by atoms with E-state index in [1.54, 1.807) is 20.1 Å². The highest BCUT2D eigenvalue weighted by molar-refractivity contribution is 5.42. The van der Waals surface area contributed by atoms with Gasteiger partial charge in [-0.25, -0.2) is 4.39 Å². The molecule has 0 fully saturated rings. The van der Waals surface area contributed by atoms with Gasteiger partial charge in [0, 0.05) is 0 Å². The molecular weight excluding hydrogens is 243 g/mol. The zero-order valence-electron chi connectivity index (χ0n) is 11.3. The lowest BCUT2D eigenvalue weighted by Crippen LogP contribution is -2.04. The molecule has 0 amide bonds. The first-order valence-corrected chi connectivity index (χ1v) is 6.11. The Kier molecular flexibility index (Phi) is 3.86. The summed E-state index contributed by atoms with van der Waals surface area (Å²) >= 11 is 0. The molecular formula is C16H17FO2. The predicted molar refractivity (Wildman–Crippen MR) is 72.9 cm³/mol. The number of ether oxygens (including phenoxy) is 1. The van der Waals surface area contributed by atoms with Crippen LogP contribution in [0, 0.1) is 19.7 Å². The minimum atomic E-state index is -0.758. The van der Waals surface area contributed by atoms with Crippen LogP contribution in [0.4, 0.5) is 4.39 Å². The van der Waals surface area contributed by atoms with Gasteiger partial charge in [0.15, 0.2) is 0 Å². The highest BCUT2D eigenvalue weighted by atomic mass is 19.1. The molecule has 0 saturated carbocycles. The topological polar surface area (TPSA) is 29.5 Å².